The van der Waals surface area contributed by atoms with Crippen molar-refractivity contribution in [1.82, 2.24) is 0 Å². The largest absolute Gasteiger partial charge is 0.418 e. The van der Waals surface area contributed by atoms with Crippen LogP contribution in [-0.2, 0) is 17.4 Å². The summed E-state index contributed by atoms with van der Waals surface area (Å²) in [5, 5.41) is 4.78. The van der Waals surface area contributed by atoms with Crippen molar-refractivity contribution < 1.29 is 22.8 Å². The average molecular weight is 405 g/mol. The summed E-state index contributed by atoms with van der Waals surface area (Å²) in [5.41, 5.74) is 0.270. The maximum absolute atomic E-state index is 13.1. The molecule has 0 fully saturated rings. The van der Waals surface area contributed by atoms with Crippen LogP contribution < -0.4 is 15.5 Å². The highest BCUT2D eigenvalue weighted by atomic mass is 19.4. The van der Waals surface area contributed by atoms with E-state index in [0.29, 0.717) is 24.3 Å². The van der Waals surface area contributed by atoms with Crippen molar-refractivity contribution in [2.75, 3.05) is 22.1 Å². The molecular formula is C21H22F3N3O2. The van der Waals surface area contributed by atoms with Crippen molar-refractivity contribution in [3.8, 4) is 0 Å². The lowest BCUT2D eigenvalue weighted by Crippen LogP contribution is -2.38. The van der Waals surface area contributed by atoms with Crippen LogP contribution >= 0.6 is 0 Å². The summed E-state index contributed by atoms with van der Waals surface area (Å²) < 4.78 is 39.2. The molecule has 0 aromatic heterocycles. The Morgan fingerprint density at radius 3 is 2.34 bits per heavy atom. The van der Waals surface area contributed by atoms with Gasteiger partial charge in [0, 0.05) is 23.3 Å². The van der Waals surface area contributed by atoms with Crippen molar-refractivity contribution in [1.29, 1.82) is 0 Å². The number of nitrogens with one attached hydrogen (secondary N) is 2. The number of carbonyl (C=O) groups is 2. The van der Waals surface area contributed by atoms with E-state index >= 15 is 0 Å². The molecule has 154 valence electrons. The Labute approximate surface area is 166 Å². The highest BCUT2D eigenvalue weighted by Gasteiger charge is 2.34. The SMILES string of the molecule is CC(C)(C)C(=O)N1CCc2ccc(NC(=O)Nc3ccccc3C(F)(F)F)cc21. The number of benzene rings is 2. The Bertz CT molecular complexity index is 949. The third-order valence-corrected chi connectivity index (χ3v) is 4.61. The maximum Gasteiger partial charge on any atom is 0.418 e. The lowest BCUT2D eigenvalue weighted by molar-refractivity contribution is -0.137. The van der Waals surface area contributed by atoms with Crippen molar-refractivity contribution in [2.24, 2.45) is 5.41 Å². The minimum atomic E-state index is -4.58. The quantitative estimate of drug-likeness (QED) is 0.714. The second kappa shape index (κ2) is 7.42. The summed E-state index contributed by atoms with van der Waals surface area (Å²) in [7, 11) is 0. The van der Waals surface area contributed by atoms with E-state index in [9.17, 15) is 22.8 Å². The van der Waals surface area contributed by atoms with Crippen molar-refractivity contribution in [2.45, 2.75) is 33.4 Å². The van der Waals surface area contributed by atoms with Crippen LogP contribution in [0.5, 0.6) is 0 Å². The van der Waals surface area contributed by atoms with Crippen LogP contribution in [0.25, 0.3) is 0 Å². The number of amides is 3. The van der Waals surface area contributed by atoms with Gasteiger partial charge in [-0.15, -0.1) is 0 Å². The van der Waals surface area contributed by atoms with Gasteiger partial charge in [-0.05, 0) is 36.2 Å². The topological polar surface area (TPSA) is 61.4 Å². The first-order chi connectivity index (χ1) is 13.5. The number of hydrogen-bond donors (Lipinski definition) is 2. The molecule has 1 aliphatic heterocycles. The summed E-state index contributed by atoms with van der Waals surface area (Å²) in [6.07, 6.45) is -3.87. The first kappa shape index (κ1) is 20.7. The molecule has 3 rings (SSSR count). The van der Waals surface area contributed by atoms with Crippen LogP contribution in [0.15, 0.2) is 42.5 Å². The molecule has 2 N–H and O–H groups in total. The van der Waals surface area contributed by atoms with E-state index in [1.807, 2.05) is 26.8 Å². The molecule has 0 radical (unpaired) electrons. The number of fused-ring (bicyclic) bond motifs is 1. The highest BCUT2D eigenvalue weighted by Crippen LogP contribution is 2.36. The molecule has 0 atom stereocenters. The third kappa shape index (κ3) is 4.52. The van der Waals surface area contributed by atoms with Gasteiger partial charge in [-0.2, -0.15) is 13.2 Å². The van der Waals surface area contributed by atoms with Crippen molar-refractivity contribution in [3.63, 3.8) is 0 Å². The van der Waals surface area contributed by atoms with Gasteiger partial charge in [-0.3, -0.25) is 4.79 Å². The number of carbonyl (C=O) groups excluding carboxylic acids is 2. The molecule has 29 heavy (non-hydrogen) atoms. The molecule has 0 saturated carbocycles. The van der Waals surface area contributed by atoms with Crippen LogP contribution in [0.4, 0.5) is 35.0 Å². The fraction of sp³-hybridized carbons (Fsp3) is 0.333. The van der Waals surface area contributed by atoms with Gasteiger partial charge in [0.2, 0.25) is 5.91 Å². The smallest absolute Gasteiger partial charge is 0.311 e. The Morgan fingerprint density at radius 2 is 1.69 bits per heavy atom. The number of nitrogens with zero attached hydrogens (tertiary/aromatic N) is 1. The standard InChI is InChI=1S/C21H22F3N3O2/c1-20(2,3)18(28)27-11-10-13-8-9-14(12-17(13)27)25-19(29)26-16-7-5-4-6-15(16)21(22,23)24/h4-9,12H,10-11H2,1-3H3,(H2,25,26,29). The normalized spacial score (nSPS) is 13.8. The average Bonchev–Trinajstić information content (AvgIpc) is 3.02. The summed E-state index contributed by atoms with van der Waals surface area (Å²) >= 11 is 0. The number of para-hydroxylation sites is 1. The molecule has 0 saturated heterocycles. The zero-order valence-corrected chi connectivity index (χ0v) is 16.4. The summed E-state index contributed by atoms with van der Waals surface area (Å²) in [4.78, 5) is 26.6. The van der Waals surface area contributed by atoms with Crippen LogP contribution in [0.3, 0.4) is 0 Å². The van der Waals surface area contributed by atoms with E-state index in [1.165, 1.54) is 18.2 Å². The lowest BCUT2D eigenvalue weighted by Gasteiger charge is -2.26. The van der Waals surface area contributed by atoms with Crippen molar-refractivity contribution >= 4 is 29.0 Å². The predicted molar refractivity (Wildman–Crippen MR) is 106 cm³/mol. The summed E-state index contributed by atoms with van der Waals surface area (Å²) in [5.74, 6) is -0.0306. The molecule has 0 bridgehead atoms. The van der Waals surface area contributed by atoms with E-state index < -0.39 is 23.2 Å². The first-order valence-electron chi connectivity index (χ1n) is 9.16. The molecule has 2 aromatic carbocycles. The van der Waals surface area contributed by atoms with Gasteiger partial charge in [0.25, 0.3) is 0 Å². The second-order valence-corrected chi connectivity index (χ2v) is 7.92. The molecule has 5 nitrogen and oxygen atoms in total. The Balaban J connectivity index is 1.78. The molecule has 2 aromatic rings. The number of anilines is 3. The van der Waals surface area contributed by atoms with Gasteiger partial charge in [-0.25, -0.2) is 4.79 Å². The second-order valence-electron chi connectivity index (χ2n) is 7.92. The fourth-order valence-electron chi connectivity index (χ4n) is 3.20. The number of rotatable bonds is 2. The fourth-order valence-corrected chi connectivity index (χ4v) is 3.20. The zero-order valence-electron chi connectivity index (χ0n) is 16.4. The minimum Gasteiger partial charge on any atom is -0.311 e. The Morgan fingerprint density at radius 1 is 1.00 bits per heavy atom. The van der Waals surface area contributed by atoms with E-state index in [4.69, 9.17) is 0 Å². The molecule has 3 amide bonds. The van der Waals surface area contributed by atoms with Crippen LogP contribution in [0, 0.1) is 5.41 Å². The zero-order chi connectivity index (χ0) is 21.4. The lowest BCUT2D eigenvalue weighted by atomic mass is 9.94. The van der Waals surface area contributed by atoms with E-state index in [-0.39, 0.29) is 11.6 Å². The van der Waals surface area contributed by atoms with Crippen LogP contribution in [0.2, 0.25) is 0 Å². The van der Waals surface area contributed by atoms with E-state index in [1.54, 1.807) is 17.0 Å². The summed E-state index contributed by atoms with van der Waals surface area (Å²) in [6.45, 7) is 6.06. The highest BCUT2D eigenvalue weighted by molar-refractivity contribution is 6.02. The number of urea groups is 1. The molecule has 0 aliphatic carbocycles. The molecule has 0 spiro atoms. The van der Waals surface area contributed by atoms with Gasteiger partial charge in [0.15, 0.2) is 0 Å². The number of halogens is 3. The summed E-state index contributed by atoms with van der Waals surface area (Å²) in [6, 6.07) is 9.11. The molecule has 1 aliphatic rings. The van der Waals surface area contributed by atoms with Gasteiger partial charge in [0.1, 0.15) is 0 Å². The Kier molecular flexibility index (Phi) is 5.30. The maximum atomic E-state index is 13.1. The third-order valence-electron chi connectivity index (χ3n) is 4.61. The predicted octanol–water partition coefficient (Wildman–Crippen LogP) is 5.28. The Hall–Kier alpha value is -3.03. The first-order valence-corrected chi connectivity index (χ1v) is 9.16. The molecular weight excluding hydrogens is 383 g/mol. The minimum absolute atomic E-state index is 0.0306. The number of hydrogen-bond acceptors (Lipinski definition) is 2. The van der Waals surface area contributed by atoms with E-state index in [0.717, 1.165) is 11.6 Å². The van der Waals surface area contributed by atoms with Gasteiger partial charge in [0.05, 0.1) is 11.3 Å². The molecule has 0 unspecified atom stereocenters. The van der Waals surface area contributed by atoms with Gasteiger partial charge < -0.3 is 15.5 Å². The molecule has 8 heteroatoms. The number of alkyl halides is 3. The van der Waals surface area contributed by atoms with E-state index in [2.05, 4.69) is 10.6 Å². The van der Waals surface area contributed by atoms with Crippen LogP contribution in [-0.4, -0.2) is 18.5 Å². The van der Waals surface area contributed by atoms with Gasteiger partial charge in [-0.1, -0.05) is 39.0 Å². The van der Waals surface area contributed by atoms with Gasteiger partial charge >= 0.3 is 12.2 Å². The monoisotopic (exact) mass is 405 g/mol. The van der Waals surface area contributed by atoms with Crippen LogP contribution in [0.1, 0.15) is 31.9 Å². The molecule has 1 heterocycles. The van der Waals surface area contributed by atoms with Crippen molar-refractivity contribution in [3.05, 3.63) is 53.6 Å².